The molecule has 1 unspecified atom stereocenters. The maximum atomic E-state index is 13.9. The van der Waals surface area contributed by atoms with Crippen molar-refractivity contribution in [2.45, 2.75) is 18.2 Å². The van der Waals surface area contributed by atoms with Gasteiger partial charge in [-0.15, -0.1) is 0 Å². The highest BCUT2D eigenvalue weighted by molar-refractivity contribution is 9.09. The smallest absolute Gasteiger partial charge is 0.127 e. The second kappa shape index (κ2) is 4.97. The summed E-state index contributed by atoms with van der Waals surface area (Å²) in [6.07, 6.45) is 0.930. The van der Waals surface area contributed by atoms with E-state index >= 15 is 0 Å². The van der Waals surface area contributed by atoms with Crippen molar-refractivity contribution in [1.29, 1.82) is 0 Å². The van der Waals surface area contributed by atoms with Gasteiger partial charge in [-0.3, -0.25) is 0 Å². The van der Waals surface area contributed by atoms with E-state index in [0.717, 1.165) is 29.9 Å². The highest BCUT2D eigenvalue weighted by Gasteiger charge is 2.18. The summed E-state index contributed by atoms with van der Waals surface area (Å²) in [6.45, 7) is 2.71. The van der Waals surface area contributed by atoms with Gasteiger partial charge < -0.3 is 4.74 Å². The first kappa shape index (κ1) is 12.7. The molecule has 2 aromatic carbocycles. The molecule has 0 bridgehead atoms. The Kier molecular flexibility index (Phi) is 3.31. The number of rotatable bonds is 2. The lowest BCUT2D eigenvalue weighted by Gasteiger charge is -2.13. The number of hydrogen-bond acceptors (Lipinski definition) is 1. The molecular formula is C16H14BrFO. The molecule has 0 amide bonds. The quantitative estimate of drug-likeness (QED) is 0.737. The molecule has 0 radical (unpaired) electrons. The minimum atomic E-state index is -0.177. The zero-order chi connectivity index (χ0) is 13.4. The number of halogens is 2. The lowest BCUT2D eigenvalue weighted by molar-refractivity contribution is 0.357. The summed E-state index contributed by atoms with van der Waals surface area (Å²) < 4.78 is 19.4. The van der Waals surface area contributed by atoms with Crippen LogP contribution in [0.4, 0.5) is 4.39 Å². The Morgan fingerprint density at radius 3 is 2.89 bits per heavy atom. The lowest BCUT2D eigenvalue weighted by atomic mass is 10.00. The SMILES string of the molecule is Cc1ccc(F)c(C(Br)c2ccc3c(c2)CCO3)c1. The van der Waals surface area contributed by atoms with Crippen molar-refractivity contribution in [1.82, 2.24) is 0 Å². The van der Waals surface area contributed by atoms with Crippen LogP contribution in [0.2, 0.25) is 0 Å². The molecule has 0 N–H and O–H groups in total. The average molecular weight is 321 g/mol. The Labute approximate surface area is 120 Å². The van der Waals surface area contributed by atoms with Gasteiger partial charge in [0.15, 0.2) is 0 Å². The predicted molar refractivity (Wildman–Crippen MR) is 77.5 cm³/mol. The number of ether oxygens (including phenoxy) is 1. The lowest BCUT2D eigenvalue weighted by Crippen LogP contribution is -1.98. The molecular weight excluding hydrogens is 307 g/mol. The van der Waals surface area contributed by atoms with Gasteiger partial charge in [0.1, 0.15) is 11.6 Å². The molecule has 3 heteroatoms. The Morgan fingerprint density at radius 2 is 2.05 bits per heavy atom. The third-order valence-electron chi connectivity index (χ3n) is 3.43. The first-order chi connectivity index (χ1) is 9.15. The Morgan fingerprint density at radius 1 is 1.21 bits per heavy atom. The van der Waals surface area contributed by atoms with E-state index in [1.807, 2.05) is 25.1 Å². The van der Waals surface area contributed by atoms with Crippen LogP contribution in [0, 0.1) is 12.7 Å². The van der Waals surface area contributed by atoms with E-state index in [2.05, 4.69) is 22.0 Å². The van der Waals surface area contributed by atoms with Gasteiger partial charge in [-0.1, -0.05) is 45.8 Å². The van der Waals surface area contributed by atoms with E-state index in [0.29, 0.717) is 5.56 Å². The number of fused-ring (bicyclic) bond motifs is 1. The molecule has 0 spiro atoms. The van der Waals surface area contributed by atoms with Crippen molar-refractivity contribution in [3.63, 3.8) is 0 Å². The van der Waals surface area contributed by atoms with E-state index in [-0.39, 0.29) is 10.6 Å². The van der Waals surface area contributed by atoms with Gasteiger partial charge in [-0.2, -0.15) is 0 Å². The van der Waals surface area contributed by atoms with E-state index < -0.39 is 0 Å². The number of hydrogen-bond donors (Lipinski definition) is 0. The van der Waals surface area contributed by atoms with Crippen LogP contribution in [0.1, 0.15) is 27.1 Å². The molecule has 1 aliphatic heterocycles. The summed E-state index contributed by atoms with van der Waals surface area (Å²) in [5.41, 5.74) is 4.01. The van der Waals surface area contributed by atoms with Crippen molar-refractivity contribution in [3.8, 4) is 5.75 Å². The second-order valence-corrected chi connectivity index (χ2v) is 5.77. The van der Waals surface area contributed by atoms with Crippen LogP contribution >= 0.6 is 15.9 Å². The normalized spacial score (nSPS) is 14.9. The van der Waals surface area contributed by atoms with Gasteiger partial charge in [0.2, 0.25) is 0 Å². The van der Waals surface area contributed by atoms with Crippen molar-refractivity contribution in [3.05, 3.63) is 64.5 Å². The average Bonchev–Trinajstić information content (AvgIpc) is 2.88. The zero-order valence-electron chi connectivity index (χ0n) is 10.6. The first-order valence-corrected chi connectivity index (χ1v) is 7.22. The van der Waals surface area contributed by atoms with Crippen molar-refractivity contribution < 1.29 is 9.13 Å². The number of aryl methyl sites for hydroxylation is 1. The van der Waals surface area contributed by atoms with Gasteiger partial charge >= 0.3 is 0 Å². The number of alkyl halides is 1. The topological polar surface area (TPSA) is 9.23 Å². The number of benzene rings is 2. The molecule has 0 fully saturated rings. The summed E-state index contributed by atoms with van der Waals surface area (Å²) >= 11 is 3.61. The van der Waals surface area contributed by atoms with Gasteiger partial charge in [0.25, 0.3) is 0 Å². The third kappa shape index (κ3) is 2.39. The van der Waals surface area contributed by atoms with Crippen LogP contribution in [0.25, 0.3) is 0 Å². The molecule has 2 aromatic rings. The van der Waals surface area contributed by atoms with Crippen LogP contribution in [-0.4, -0.2) is 6.61 Å². The van der Waals surface area contributed by atoms with Gasteiger partial charge in [-0.25, -0.2) is 4.39 Å². The molecule has 1 nitrogen and oxygen atoms in total. The molecule has 0 saturated carbocycles. The molecule has 19 heavy (non-hydrogen) atoms. The van der Waals surface area contributed by atoms with Crippen LogP contribution in [0.15, 0.2) is 36.4 Å². The summed E-state index contributed by atoms with van der Waals surface area (Å²) in [5.74, 6) is 0.775. The van der Waals surface area contributed by atoms with Crippen LogP contribution in [0.3, 0.4) is 0 Å². The Bertz CT molecular complexity index is 624. The molecule has 0 saturated heterocycles. The third-order valence-corrected chi connectivity index (χ3v) is 4.45. The van der Waals surface area contributed by atoms with Crippen LogP contribution in [0.5, 0.6) is 5.75 Å². The standard InChI is InChI=1S/C16H14BrFO/c1-10-2-4-14(18)13(8-10)16(17)12-3-5-15-11(9-12)6-7-19-15/h2-5,8-9,16H,6-7H2,1H3. The largest absolute Gasteiger partial charge is 0.493 e. The van der Waals surface area contributed by atoms with Gasteiger partial charge in [0, 0.05) is 12.0 Å². The maximum Gasteiger partial charge on any atom is 0.127 e. The summed E-state index contributed by atoms with van der Waals surface area (Å²) in [5, 5.41) is 0. The Hall–Kier alpha value is -1.35. The van der Waals surface area contributed by atoms with Crippen molar-refractivity contribution >= 4 is 15.9 Å². The summed E-state index contributed by atoms with van der Waals surface area (Å²) in [7, 11) is 0. The van der Waals surface area contributed by atoms with Crippen molar-refractivity contribution in [2.75, 3.05) is 6.61 Å². The van der Waals surface area contributed by atoms with Crippen LogP contribution < -0.4 is 4.74 Å². The van der Waals surface area contributed by atoms with Gasteiger partial charge in [0.05, 0.1) is 11.4 Å². The fourth-order valence-corrected chi connectivity index (χ4v) is 3.04. The predicted octanol–water partition coefficient (Wildman–Crippen LogP) is 4.55. The fraction of sp³-hybridized carbons (Fsp3) is 0.250. The first-order valence-electron chi connectivity index (χ1n) is 6.31. The minimum absolute atomic E-state index is 0.127. The minimum Gasteiger partial charge on any atom is -0.493 e. The molecule has 3 rings (SSSR count). The second-order valence-electron chi connectivity index (χ2n) is 4.85. The van der Waals surface area contributed by atoms with E-state index in [1.165, 1.54) is 11.6 Å². The summed E-state index contributed by atoms with van der Waals surface area (Å²) in [4.78, 5) is -0.127. The van der Waals surface area contributed by atoms with E-state index in [4.69, 9.17) is 4.74 Å². The molecule has 1 atom stereocenters. The molecule has 1 aliphatic rings. The van der Waals surface area contributed by atoms with E-state index in [9.17, 15) is 4.39 Å². The van der Waals surface area contributed by atoms with Crippen molar-refractivity contribution in [2.24, 2.45) is 0 Å². The zero-order valence-corrected chi connectivity index (χ0v) is 12.2. The van der Waals surface area contributed by atoms with E-state index in [1.54, 1.807) is 6.07 Å². The molecule has 0 aromatic heterocycles. The maximum absolute atomic E-state index is 13.9. The highest BCUT2D eigenvalue weighted by Crippen LogP contribution is 2.36. The molecule has 98 valence electrons. The monoisotopic (exact) mass is 320 g/mol. The molecule has 1 heterocycles. The summed E-state index contributed by atoms with van der Waals surface area (Å²) in [6, 6.07) is 11.3. The molecule has 0 aliphatic carbocycles. The van der Waals surface area contributed by atoms with Gasteiger partial charge in [-0.05, 0) is 30.2 Å². The van der Waals surface area contributed by atoms with Crippen LogP contribution in [-0.2, 0) is 6.42 Å². The fourth-order valence-electron chi connectivity index (χ4n) is 2.40. The Balaban J connectivity index is 1.99. The highest BCUT2D eigenvalue weighted by atomic mass is 79.9.